The lowest BCUT2D eigenvalue weighted by molar-refractivity contribution is -0.161. The molecule has 0 saturated carbocycles. The molecule has 0 aromatic heterocycles. The monoisotopic (exact) mass is 1320 g/mol. The van der Waals surface area contributed by atoms with Gasteiger partial charge in [0.1, 0.15) is 6.61 Å². The molecule has 0 aliphatic carbocycles. The second-order valence-electron chi connectivity index (χ2n) is 26.6. The number of carbonyl (C=O) groups excluding carboxylic acids is 2. The Balaban J connectivity index is 3.77. The van der Waals surface area contributed by atoms with Gasteiger partial charge in [-0.3, -0.25) is 18.6 Å². The van der Waals surface area contributed by atoms with Gasteiger partial charge in [-0.05, 0) is 96.3 Å². The van der Waals surface area contributed by atoms with Crippen LogP contribution in [-0.2, 0) is 32.7 Å². The fourth-order valence-corrected chi connectivity index (χ4v) is 12.4. The van der Waals surface area contributed by atoms with Gasteiger partial charge in [-0.25, -0.2) is 4.57 Å². The summed E-state index contributed by atoms with van der Waals surface area (Å²) in [6, 6.07) is 0. The number of ether oxygens (including phenoxy) is 2. The lowest BCUT2D eigenvalue weighted by Gasteiger charge is -2.19. The average Bonchev–Trinajstić information content (AvgIpc) is 3.70. The van der Waals surface area contributed by atoms with Crippen LogP contribution in [0.3, 0.4) is 0 Å². The van der Waals surface area contributed by atoms with Crippen LogP contribution in [-0.4, -0.2) is 49.3 Å². The highest BCUT2D eigenvalue weighted by atomic mass is 31.2. The molecule has 0 rings (SSSR count). The van der Waals surface area contributed by atoms with Crippen molar-refractivity contribution in [1.29, 1.82) is 0 Å². The number of phosphoric acid groups is 1. The highest BCUT2D eigenvalue weighted by molar-refractivity contribution is 7.47. The molecule has 0 fully saturated rings. The van der Waals surface area contributed by atoms with Crippen LogP contribution in [0.15, 0.2) is 97.2 Å². The van der Waals surface area contributed by atoms with Gasteiger partial charge in [0.15, 0.2) is 6.10 Å². The third kappa shape index (κ3) is 77.8. The van der Waals surface area contributed by atoms with E-state index in [1.165, 1.54) is 270 Å². The zero-order valence-corrected chi connectivity index (χ0v) is 61.9. The van der Waals surface area contributed by atoms with Gasteiger partial charge in [-0.2, -0.15) is 0 Å². The van der Waals surface area contributed by atoms with E-state index in [1.807, 2.05) is 0 Å². The van der Waals surface area contributed by atoms with E-state index in [0.29, 0.717) is 6.42 Å². The maximum atomic E-state index is 12.8. The first-order chi connectivity index (χ1) is 45.8. The van der Waals surface area contributed by atoms with Gasteiger partial charge >= 0.3 is 19.8 Å². The molecule has 0 aliphatic rings. The van der Waals surface area contributed by atoms with Crippen molar-refractivity contribution in [2.24, 2.45) is 5.73 Å². The van der Waals surface area contributed by atoms with E-state index in [-0.39, 0.29) is 38.6 Å². The number of phosphoric ester groups is 1. The van der Waals surface area contributed by atoms with Crippen LogP contribution >= 0.6 is 7.82 Å². The van der Waals surface area contributed by atoms with Gasteiger partial charge in [0.25, 0.3) is 0 Å². The normalized spacial score (nSPS) is 13.4. The second kappa shape index (κ2) is 77.9. The Morgan fingerprint density at radius 1 is 0.333 bits per heavy atom. The summed E-state index contributed by atoms with van der Waals surface area (Å²) in [6.45, 7) is 3.67. The number of allylic oxidation sites excluding steroid dienone is 16. The Morgan fingerprint density at radius 3 is 0.882 bits per heavy atom. The summed E-state index contributed by atoms with van der Waals surface area (Å²) in [5.74, 6) is -0.816. The molecular formula is C83H150NO8P. The summed E-state index contributed by atoms with van der Waals surface area (Å²) in [4.78, 5) is 35.4. The van der Waals surface area contributed by atoms with E-state index in [2.05, 4.69) is 111 Å². The predicted octanol–water partition coefficient (Wildman–Crippen LogP) is 26.6. The van der Waals surface area contributed by atoms with Crippen LogP contribution in [0.25, 0.3) is 0 Å². The maximum Gasteiger partial charge on any atom is 0.472 e. The molecule has 0 aromatic carbocycles. The average molecular weight is 1320 g/mol. The van der Waals surface area contributed by atoms with E-state index >= 15 is 0 Å². The number of nitrogens with two attached hydrogens (primary N) is 1. The summed E-state index contributed by atoms with van der Waals surface area (Å²) in [7, 11) is -4.40. The van der Waals surface area contributed by atoms with E-state index in [1.54, 1.807) is 0 Å². The molecule has 540 valence electrons. The first-order valence-electron chi connectivity index (χ1n) is 39.7. The number of carbonyl (C=O) groups is 2. The van der Waals surface area contributed by atoms with Gasteiger partial charge in [-0.1, -0.05) is 374 Å². The van der Waals surface area contributed by atoms with Gasteiger partial charge in [0.05, 0.1) is 13.2 Å². The third-order valence-electron chi connectivity index (χ3n) is 17.5. The third-order valence-corrected chi connectivity index (χ3v) is 18.4. The molecule has 0 aliphatic heterocycles. The lowest BCUT2D eigenvalue weighted by atomic mass is 10.0. The van der Waals surface area contributed by atoms with E-state index in [9.17, 15) is 19.0 Å². The Kier molecular flexibility index (Phi) is 75.4. The predicted molar refractivity (Wildman–Crippen MR) is 404 cm³/mol. The molecule has 0 saturated heterocycles. The molecule has 9 nitrogen and oxygen atoms in total. The molecular weight excluding hydrogens is 1170 g/mol. The van der Waals surface area contributed by atoms with Crippen molar-refractivity contribution in [3.05, 3.63) is 97.2 Å². The van der Waals surface area contributed by atoms with Crippen LogP contribution in [0.4, 0.5) is 0 Å². The smallest absolute Gasteiger partial charge is 0.462 e. The first kappa shape index (κ1) is 89.9. The standard InChI is InChI=1S/C83H150NO8P/c1-3-5-7-9-11-13-15-17-19-21-23-25-27-29-31-33-35-36-37-38-39-40-41-42-43-44-46-47-49-51-53-55-57-59-61-63-65-67-69-71-73-75-82(85)89-79-81(80-91-93(87,88)90-78-77-84)92-83(86)76-74-72-70-68-66-64-62-60-58-56-54-52-50-48-45-34-32-30-28-26-24-22-20-18-16-14-12-10-8-6-4-2/h6,8,12,14-15,17-18,20-21,23-24,26,30,32,45,48,81H,3-5,7,9-11,13,16,19,22,25,27-29,31,33-44,46-47,49-80,84H2,1-2H3,(H,87,88)/b8-6-,14-12-,17-15-,20-18-,23-21-,26-24-,32-30-,48-45-. The van der Waals surface area contributed by atoms with Gasteiger partial charge in [0, 0.05) is 19.4 Å². The molecule has 10 heteroatoms. The Labute approximate surface area is 576 Å². The molecule has 0 spiro atoms. The van der Waals surface area contributed by atoms with Gasteiger partial charge in [0.2, 0.25) is 0 Å². The highest BCUT2D eigenvalue weighted by Gasteiger charge is 2.26. The molecule has 2 unspecified atom stereocenters. The second-order valence-corrected chi connectivity index (χ2v) is 28.0. The molecule has 0 amide bonds. The zero-order chi connectivity index (χ0) is 67.2. The molecule has 0 bridgehead atoms. The minimum atomic E-state index is -4.40. The Hall–Kier alpha value is -3.07. The van der Waals surface area contributed by atoms with Crippen molar-refractivity contribution in [1.82, 2.24) is 0 Å². The quantitative estimate of drug-likeness (QED) is 0.0264. The molecule has 0 radical (unpaired) electrons. The molecule has 2 atom stereocenters. The number of rotatable bonds is 75. The zero-order valence-electron chi connectivity index (χ0n) is 61.0. The highest BCUT2D eigenvalue weighted by Crippen LogP contribution is 2.43. The Bertz CT molecular complexity index is 1850. The van der Waals surface area contributed by atoms with E-state index < -0.39 is 26.5 Å². The number of hydrogen-bond acceptors (Lipinski definition) is 8. The number of unbranched alkanes of at least 4 members (excludes halogenated alkanes) is 46. The van der Waals surface area contributed by atoms with E-state index in [0.717, 1.165) is 83.5 Å². The van der Waals surface area contributed by atoms with Crippen molar-refractivity contribution in [3.8, 4) is 0 Å². The van der Waals surface area contributed by atoms with Crippen LogP contribution in [0.2, 0.25) is 0 Å². The molecule has 93 heavy (non-hydrogen) atoms. The number of esters is 2. The molecule has 0 aromatic rings. The molecule has 3 N–H and O–H groups in total. The topological polar surface area (TPSA) is 134 Å². The van der Waals surface area contributed by atoms with Crippen LogP contribution in [0.1, 0.15) is 386 Å². The van der Waals surface area contributed by atoms with Crippen LogP contribution in [0, 0.1) is 0 Å². The molecule has 0 heterocycles. The van der Waals surface area contributed by atoms with E-state index in [4.69, 9.17) is 24.3 Å². The fourth-order valence-electron chi connectivity index (χ4n) is 11.6. The summed E-state index contributed by atoms with van der Waals surface area (Å²) in [6.07, 6.45) is 107. The Morgan fingerprint density at radius 2 is 0.591 bits per heavy atom. The SMILES string of the molecule is CC/C=C\C/C=C\C/C=C\C/C=C\C/C=C\C/C=C\CCCCCCCCCCCCCCC(=O)OC(COC(=O)CCCCCCCCCCCCCCCCCCCCCCCCCCCCCCC/C=C\C/C=C\CCCCCCC)COP(=O)(O)OCCN. The minimum Gasteiger partial charge on any atom is -0.462 e. The van der Waals surface area contributed by atoms with Crippen LogP contribution in [0.5, 0.6) is 0 Å². The van der Waals surface area contributed by atoms with Crippen molar-refractivity contribution in [2.75, 3.05) is 26.4 Å². The van der Waals surface area contributed by atoms with Crippen molar-refractivity contribution in [2.45, 2.75) is 392 Å². The summed E-state index contributed by atoms with van der Waals surface area (Å²) < 4.78 is 33.3. The summed E-state index contributed by atoms with van der Waals surface area (Å²) in [5.41, 5.74) is 5.41. The fraction of sp³-hybridized carbons (Fsp3) is 0.783. The maximum absolute atomic E-state index is 12.8. The van der Waals surface area contributed by atoms with Gasteiger partial charge in [-0.15, -0.1) is 0 Å². The summed E-state index contributed by atoms with van der Waals surface area (Å²) >= 11 is 0. The minimum absolute atomic E-state index is 0.0516. The van der Waals surface area contributed by atoms with Crippen molar-refractivity contribution >= 4 is 19.8 Å². The number of hydrogen-bond donors (Lipinski definition) is 2. The van der Waals surface area contributed by atoms with Gasteiger partial charge < -0.3 is 20.1 Å². The lowest BCUT2D eigenvalue weighted by Crippen LogP contribution is -2.29. The first-order valence-corrected chi connectivity index (χ1v) is 41.2. The largest absolute Gasteiger partial charge is 0.472 e. The van der Waals surface area contributed by atoms with Crippen molar-refractivity contribution in [3.63, 3.8) is 0 Å². The van der Waals surface area contributed by atoms with Crippen molar-refractivity contribution < 1.29 is 37.6 Å². The summed E-state index contributed by atoms with van der Waals surface area (Å²) in [5, 5.41) is 0. The van der Waals surface area contributed by atoms with Crippen LogP contribution < -0.4 is 5.73 Å².